The van der Waals surface area contributed by atoms with Crippen LogP contribution in [-0.2, 0) is 4.79 Å². The highest BCUT2D eigenvalue weighted by Gasteiger charge is 2.38. The van der Waals surface area contributed by atoms with E-state index in [1.54, 1.807) is 11.9 Å². The number of halogens is 3. The van der Waals surface area contributed by atoms with Crippen LogP contribution in [0.25, 0.3) is 0 Å². The Morgan fingerprint density at radius 3 is 2.33 bits per heavy atom. The molecule has 0 radical (unpaired) electrons. The van der Waals surface area contributed by atoms with E-state index in [0.717, 1.165) is 12.8 Å². The standard InChI is InChI=1S/C14H25F3N2O2/c1-18(9-12(20)14(15,16)17)10-13(21)19(2)8-11-6-4-3-5-7-11/h11-12,20H,3-10H2,1-2H3. The van der Waals surface area contributed by atoms with Gasteiger partial charge in [0.1, 0.15) is 0 Å². The van der Waals surface area contributed by atoms with E-state index in [0.29, 0.717) is 12.5 Å². The number of carbonyl (C=O) groups excluding carboxylic acids is 1. The second kappa shape index (κ2) is 7.98. The summed E-state index contributed by atoms with van der Waals surface area (Å²) in [6, 6.07) is 0. The highest BCUT2D eigenvalue weighted by Crippen LogP contribution is 2.24. The van der Waals surface area contributed by atoms with E-state index in [9.17, 15) is 18.0 Å². The molecular formula is C14H25F3N2O2. The van der Waals surface area contributed by atoms with Crippen molar-refractivity contribution < 1.29 is 23.1 Å². The van der Waals surface area contributed by atoms with Crippen molar-refractivity contribution in [3.05, 3.63) is 0 Å². The van der Waals surface area contributed by atoms with Crippen LogP contribution < -0.4 is 0 Å². The summed E-state index contributed by atoms with van der Waals surface area (Å²) < 4.78 is 36.7. The third kappa shape index (κ3) is 6.65. The molecule has 0 heterocycles. The van der Waals surface area contributed by atoms with Gasteiger partial charge in [0.15, 0.2) is 6.10 Å². The smallest absolute Gasteiger partial charge is 0.382 e. The summed E-state index contributed by atoms with van der Waals surface area (Å²) in [6.45, 7) is -0.0443. The van der Waals surface area contributed by atoms with E-state index in [4.69, 9.17) is 5.11 Å². The summed E-state index contributed by atoms with van der Waals surface area (Å²) in [5, 5.41) is 8.98. The minimum atomic E-state index is -4.65. The number of hydrogen-bond acceptors (Lipinski definition) is 3. The molecular weight excluding hydrogens is 285 g/mol. The number of likely N-dealkylation sites (N-methyl/N-ethyl adjacent to an activating group) is 2. The first-order valence-corrected chi connectivity index (χ1v) is 7.37. The van der Waals surface area contributed by atoms with Gasteiger partial charge in [-0.3, -0.25) is 9.69 Å². The lowest BCUT2D eigenvalue weighted by atomic mass is 9.89. The maximum atomic E-state index is 12.2. The van der Waals surface area contributed by atoms with E-state index in [1.165, 1.54) is 31.2 Å². The minimum absolute atomic E-state index is 0.115. The molecule has 21 heavy (non-hydrogen) atoms. The quantitative estimate of drug-likeness (QED) is 0.815. The third-order valence-corrected chi connectivity index (χ3v) is 3.95. The Bertz CT molecular complexity index is 331. The number of aliphatic hydroxyl groups is 1. The van der Waals surface area contributed by atoms with Gasteiger partial charge in [0.2, 0.25) is 5.91 Å². The molecule has 0 spiro atoms. The maximum absolute atomic E-state index is 12.2. The lowest BCUT2D eigenvalue weighted by molar-refractivity contribution is -0.207. The normalized spacial score (nSPS) is 18.8. The van der Waals surface area contributed by atoms with Gasteiger partial charge in [-0.1, -0.05) is 19.3 Å². The average molecular weight is 310 g/mol. The molecule has 1 amide bonds. The van der Waals surface area contributed by atoms with E-state index >= 15 is 0 Å². The van der Waals surface area contributed by atoms with Crippen molar-refractivity contribution in [1.82, 2.24) is 9.80 Å². The van der Waals surface area contributed by atoms with E-state index < -0.39 is 18.8 Å². The molecule has 0 aromatic heterocycles. The zero-order valence-electron chi connectivity index (χ0n) is 12.7. The van der Waals surface area contributed by atoms with Crippen LogP contribution in [-0.4, -0.2) is 66.8 Å². The molecule has 1 unspecified atom stereocenters. The van der Waals surface area contributed by atoms with Gasteiger partial charge in [-0.2, -0.15) is 13.2 Å². The Balaban J connectivity index is 2.33. The van der Waals surface area contributed by atoms with Crippen LogP contribution in [0.3, 0.4) is 0 Å². The number of rotatable bonds is 6. The topological polar surface area (TPSA) is 43.8 Å². The molecule has 0 aromatic rings. The lowest BCUT2D eigenvalue weighted by Crippen LogP contribution is -2.44. The molecule has 0 aliphatic heterocycles. The van der Waals surface area contributed by atoms with Crippen molar-refractivity contribution in [2.75, 3.05) is 33.7 Å². The Labute approximate surface area is 123 Å². The molecule has 1 aliphatic carbocycles. The Kier molecular flexibility index (Phi) is 6.93. The van der Waals surface area contributed by atoms with Crippen LogP contribution >= 0.6 is 0 Å². The number of hydrogen-bond donors (Lipinski definition) is 1. The lowest BCUT2D eigenvalue weighted by Gasteiger charge is -2.29. The van der Waals surface area contributed by atoms with Crippen molar-refractivity contribution in [3.63, 3.8) is 0 Å². The largest absolute Gasteiger partial charge is 0.415 e. The zero-order chi connectivity index (χ0) is 16.0. The van der Waals surface area contributed by atoms with Gasteiger partial charge in [0.05, 0.1) is 6.54 Å². The van der Waals surface area contributed by atoms with Gasteiger partial charge in [0, 0.05) is 20.1 Å². The predicted molar refractivity (Wildman–Crippen MR) is 73.8 cm³/mol. The Morgan fingerprint density at radius 1 is 1.24 bits per heavy atom. The van der Waals surface area contributed by atoms with Crippen molar-refractivity contribution in [3.8, 4) is 0 Å². The van der Waals surface area contributed by atoms with E-state index in [-0.39, 0.29) is 12.5 Å². The highest BCUT2D eigenvalue weighted by atomic mass is 19.4. The molecule has 1 saturated carbocycles. The van der Waals surface area contributed by atoms with Crippen molar-refractivity contribution >= 4 is 5.91 Å². The number of carbonyl (C=O) groups is 1. The molecule has 0 aromatic carbocycles. The van der Waals surface area contributed by atoms with Gasteiger partial charge in [-0.15, -0.1) is 0 Å². The van der Waals surface area contributed by atoms with Gasteiger partial charge in [0.25, 0.3) is 0 Å². The molecule has 124 valence electrons. The molecule has 1 aliphatic rings. The molecule has 1 N–H and O–H groups in total. The fourth-order valence-corrected chi connectivity index (χ4v) is 2.67. The first-order valence-electron chi connectivity index (χ1n) is 7.37. The summed E-state index contributed by atoms with van der Waals surface area (Å²) in [6.07, 6.45) is -1.23. The van der Waals surface area contributed by atoms with Crippen LogP contribution in [0.5, 0.6) is 0 Å². The summed E-state index contributed by atoms with van der Waals surface area (Å²) >= 11 is 0. The first-order chi connectivity index (χ1) is 9.70. The second-order valence-corrected chi connectivity index (χ2v) is 6.03. The molecule has 0 bridgehead atoms. The summed E-state index contributed by atoms with van der Waals surface area (Å²) in [4.78, 5) is 14.8. The molecule has 1 rings (SSSR count). The highest BCUT2D eigenvalue weighted by molar-refractivity contribution is 5.77. The molecule has 1 fully saturated rings. The molecule has 1 atom stereocenters. The van der Waals surface area contributed by atoms with Crippen molar-refractivity contribution in [2.24, 2.45) is 5.92 Å². The summed E-state index contributed by atoms with van der Waals surface area (Å²) in [7, 11) is 3.09. The predicted octanol–water partition coefficient (Wildman–Crippen LogP) is 1.88. The fourth-order valence-electron chi connectivity index (χ4n) is 2.67. The summed E-state index contributed by atoms with van der Waals surface area (Å²) in [5.41, 5.74) is 0. The summed E-state index contributed by atoms with van der Waals surface area (Å²) in [5.74, 6) is 0.288. The maximum Gasteiger partial charge on any atom is 0.415 e. The number of nitrogens with zero attached hydrogens (tertiary/aromatic N) is 2. The van der Waals surface area contributed by atoms with Gasteiger partial charge in [-0.05, 0) is 25.8 Å². The number of alkyl halides is 3. The van der Waals surface area contributed by atoms with Crippen molar-refractivity contribution in [1.29, 1.82) is 0 Å². The molecule has 7 heteroatoms. The third-order valence-electron chi connectivity index (χ3n) is 3.95. The monoisotopic (exact) mass is 310 g/mol. The minimum Gasteiger partial charge on any atom is -0.382 e. The second-order valence-electron chi connectivity index (χ2n) is 6.03. The van der Waals surface area contributed by atoms with E-state index in [2.05, 4.69) is 0 Å². The number of amides is 1. The fraction of sp³-hybridized carbons (Fsp3) is 0.929. The molecule has 0 saturated heterocycles. The van der Waals surface area contributed by atoms with Crippen LogP contribution in [0, 0.1) is 5.92 Å². The van der Waals surface area contributed by atoms with Crippen LogP contribution in [0.1, 0.15) is 32.1 Å². The average Bonchev–Trinajstić information content (AvgIpc) is 2.38. The van der Waals surface area contributed by atoms with Crippen LogP contribution in [0.15, 0.2) is 0 Å². The van der Waals surface area contributed by atoms with Crippen LogP contribution in [0.2, 0.25) is 0 Å². The zero-order valence-corrected chi connectivity index (χ0v) is 12.7. The Morgan fingerprint density at radius 2 is 1.81 bits per heavy atom. The van der Waals surface area contributed by atoms with Gasteiger partial charge >= 0.3 is 6.18 Å². The Hall–Kier alpha value is -0.820. The molecule has 4 nitrogen and oxygen atoms in total. The SMILES string of the molecule is CN(CC(=O)N(C)CC1CCCCC1)CC(O)C(F)(F)F. The van der Waals surface area contributed by atoms with Gasteiger partial charge < -0.3 is 10.0 Å². The first kappa shape index (κ1) is 18.2. The van der Waals surface area contributed by atoms with Crippen LogP contribution in [0.4, 0.5) is 13.2 Å². The van der Waals surface area contributed by atoms with Gasteiger partial charge in [-0.25, -0.2) is 0 Å². The van der Waals surface area contributed by atoms with Crippen molar-refractivity contribution in [2.45, 2.75) is 44.4 Å². The van der Waals surface area contributed by atoms with E-state index in [1.807, 2.05) is 0 Å². The number of aliphatic hydroxyl groups excluding tert-OH is 1.